The van der Waals surface area contributed by atoms with Crippen LogP contribution in [0.4, 0.5) is 0 Å². The van der Waals surface area contributed by atoms with E-state index in [1.165, 1.54) is 4.90 Å². The van der Waals surface area contributed by atoms with Crippen LogP contribution in [0.2, 0.25) is 0 Å². The Balaban J connectivity index is 1.81. The number of likely N-dealkylation sites (tertiary alicyclic amines) is 1. The van der Waals surface area contributed by atoms with Gasteiger partial charge in [0.25, 0.3) is 0 Å². The maximum absolute atomic E-state index is 13.8. The van der Waals surface area contributed by atoms with Gasteiger partial charge in [-0.15, -0.1) is 0 Å². The Kier molecular flexibility index (Phi) is 12.3. The van der Waals surface area contributed by atoms with Crippen molar-refractivity contribution in [3.8, 4) is 0 Å². The number of H-pyrrole nitrogens is 1. The predicted octanol–water partition coefficient (Wildman–Crippen LogP) is -1.81. The van der Waals surface area contributed by atoms with Gasteiger partial charge in [-0.3, -0.25) is 24.4 Å². The molecule has 1 saturated heterocycles. The van der Waals surface area contributed by atoms with Gasteiger partial charge < -0.3 is 54.3 Å². The first-order valence-electron chi connectivity index (χ1n) is 14.5. The second-order valence-electron chi connectivity index (χ2n) is 10.7. The van der Waals surface area contributed by atoms with Crippen LogP contribution in [0.1, 0.15) is 44.1 Å². The lowest BCUT2D eigenvalue weighted by molar-refractivity contribution is -0.149. The number of carbonyl (C=O) groups excluding carboxylic acids is 3. The molecule has 2 aromatic rings. The van der Waals surface area contributed by atoms with E-state index in [1.54, 1.807) is 6.20 Å². The molecular formula is C28H43N11O5. The summed E-state index contributed by atoms with van der Waals surface area (Å²) in [7, 11) is 0. The molecule has 1 aromatic carbocycles. The van der Waals surface area contributed by atoms with Gasteiger partial charge in [-0.2, -0.15) is 0 Å². The van der Waals surface area contributed by atoms with E-state index in [-0.39, 0.29) is 50.8 Å². The minimum Gasteiger partial charge on any atom is -0.480 e. The summed E-state index contributed by atoms with van der Waals surface area (Å²) in [5.74, 6) is -2.99. The Morgan fingerprint density at radius 3 is 2.25 bits per heavy atom. The van der Waals surface area contributed by atoms with Crippen LogP contribution in [0.25, 0.3) is 10.9 Å². The zero-order valence-electron chi connectivity index (χ0n) is 24.6. The summed E-state index contributed by atoms with van der Waals surface area (Å²) >= 11 is 0. The Labute approximate surface area is 254 Å². The number of aromatic nitrogens is 1. The summed E-state index contributed by atoms with van der Waals surface area (Å²) in [4.78, 5) is 64.6. The van der Waals surface area contributed by atoms with Crippen LogP contribution in [0, 0.1) is 0 Å². The summed E-state index contributed by atoms with van der Waals surface area (Å²) in [6, 6.07) is 3.40. The van der Waals surface area contributed by atoms with E-state index in [0.717, 1.165) is 16.5 Å². The topological polar surface area (TPSA) is 286 Å². The van der Waals surface area contributed by atoms with Gasteiger partial charge in [-0.1, -0.05) is 18.2 Å². The van der Waals surface area contributed by atoms with E-state index in [1.807, 2.05) is 24.3 Å². The molecule has 0 spiro atoms. The summed E-state index contributed by atoms with van der Waals surface area (Å²) in [6.07, 6.45) is 3.88. The number of benzene rings is 1. The lowest BCUT2D eigenvalue weighted by Gasteiger charge is -2.29. The van der Waals surface area contributed by atoms with Gasteiger partial charge in [-0.25, -0.2) is 4.79 Å². The van der Waals surface area contributed by atoms with E-state index >= 15 is 0 Å². The minimum absolute atomic E-state index is 0.0686. The quantitative estimate of drug-likeness (QED) is 0.0581. The van der Waals surface area contributed by atoms with E-state index in [2.05, 4.69) is 25.6 Å². The Bertz CT molecular complexity index is 1370. The Morgan fingerprint density at radius 1 is 0.955 bits per heavy atom. The molecule has 1 aliphatic rings. The van der Waals surface area contributed by atoms with Crippen molar-refractivity contribution in [3.05, 3.63) is 36.0 Å². The van der Waals surface area contributed by atoms with Gasteiger partial charge in [0.15, 0.2) is 11.9 Å². The highest BCUT2D eigenvalue weighted by molar-refractivity contribution is 5.95. The average molecular weight is 614 g/mol. The molecule has 3 rings (SSSR count). The van der Waals surface area contributed by atoms with Crippen molar-refractivity contribution in [1.29, 1.82) is 0 Å². The Hall–Kier alpha value is -4.86. The number of rotatable bonds is 16. The molecule has 240 valence electrons. The Morgan fingerprint density at radius 2 is 1.59 bits per heavy atom. The van der Waals surface area contributed by atoms with E-state index in [4.69, 9.17) is 28.7 Å². The number of carbonyl (C=O) groups is 4. The van der Waals surface area contributed by atoms with Crippen LogP contribution in [-0.4, -0.2) is 94.4 Å². The molecule has 0 aliphatic carbocycles. The maximum Gasteiger partial charge on any atom is 0.326 e. The number of fused-ring (bicyclic) bond motifs is 1. The first-order valence-corrected chi connectivity index (χ1v) is 14.5. The fourth-order valence-electron chi connectivity index (χ4n) is 5.18. The number of para-hydroxylation sites is 1. The van der Waals surface area contributed by atoms with Crippen LogP contribution in [-0.2, 0) is 25.6 Å². The number of hydrogen-bond acceptors (Lipinski definition) is 7. The van der Waals surface area contributed by atoms with Crippen molar-refractivity contribution >= 4 is 46.5 Å². The monoisotopic (exact) mass is 613 g/mol. The maximum atomic E-state index is 13.8. The van der Waals surface area contributed by atoms with Gasteiger partial charge in [0.05, 0.1) is 6.04 Å². The van der Waals surface area contributed by atoms with Gasteiger partial charge in [0.1, 0.15) is 18.1 Å². The second kappa shape index (κ2) is 16.1. The van der Waals surface area contributed by atoms with Crippen molar-refractivity contribution in [3.63, 3.8) is 0 Å². The molecule has 1 aromatic heterocycles. The van der Waals surface area contributed by atoms with Crippen LogP contribution in [0.15, 0.2) is 40.4 Å². The first kappa shape index (κ1) is 33.6. The van der Waals surface area contributed by atoms with Crippen molar-refractivity contribution in [2.45, 2.75) is 69.1 Å². The highest BCUT2D eigenvalue weighted by Crippen LogP contribution is 2.23. The number of hydrogen-bond donors (Lipinski definition) is 9. The highest BCUT2D eigenvalue weighted by atomic mass is 16.4. The van der Waals surface area contributed by atoms with Crippen molar-refractivity contribution in [2.24, 2.45) is 38.7 Å². The molecule has 14 N–H and O–H groups in total. The molecule has 16 nitrogen and oxygen atoms in total. The van der Waals surface area contributed by atoms with Crippen molar-refractivity contribution < 1.29 is 24.3 Å². The fourth-order valence-corrected chi connectivity index (χ4v) is 5.18. The van der Waals surface area contributed by atoms with Crippen LogP contribution in [0.3, 0.4) is 0 Å². The largest absolute Gasteiger partial charge is 0.480 e. The molecule has 1 fully saturated rings. The van der Waals surface area contributed by atoms with Crippen molar-refractivity contribution in [2.75, 3.05) is 19.6 Å². The third-order valence-electron chi connectivity index (χ3n) is 7.42. The molecule has 1 aliphatic heterocycles. The molecule has 16 heteroatoms. The zero-order valence-corrected chi connectivity index (χ0v) is 24.6. The molecule has 0 bridgehead atoms. The molecular weight excluding hydrogens is 570 g/mol. The minimum atomic E-state index is -1.10. The molecule has 4 atom stereocenters. The second-order valence-corrected chi connectivity index (χ2v) is 10.7. The molecule has 2 heterocycles. The van der Waals surface area contributed by atoms with Crippen LogP contribution in [0.5, 0.6) is 0 Å². The number of aromatic amines is 1. The average Bonchev–Trinajstić information content (AvgIpc) is 3.63. The van der Waals surface area contributed by atoms with Crippen LogP contribution >= 0.6 is 0 Å². The van der Waals surface area contributed by atoms with E-state index in [0.29, 0.717) is 25.7 Å². The number of nitrogens with two attached hydrogens (primary N) is 5. The number of carboxylic acid groups (broad SMARTS) is 1. The highest BCUT2D eigenvalue weighted by Gasteiger charge is 2.38. The standard InChI is InChI=1S/C28H43N11O5/c29-18(7-3-11-34-27(30)31)23(40)37-20(9-4-12-35-28(32)33)24(41)38-21(25(42)39-13-5-10-22(39)26(43)44)14-16-15-36-19-8-2-1-6-17(16)19/h1-2,6,8,15,18,20-22,36H,3-5,7,9-14,29H2,(H,37,40)(H,38,41)(H,43,44)(H4,30,31,34)(H4,32,33,35). The third-order valence-corrected chi connectivity index (χ3v) is 7.42. The van der Waals surface area contributed by atoms with E-state index in [9.17, 15) is 24.3 Å². The molecule has 0 saturated carbocycles. The number of guanidine groups is 2. The van der Waals surface area contributed by atoms with Gasteiger partial charge >= 0.3 is 5.97 Å². The summed E-state index contributed by atoms with van der Waals surface area (Å²) in [5, 5.41) is 16.0. The lowest BCUT2D eigenvalue weighted by Crippen LogP contribution is -2.57. The molecule has 4 unspecified atom stereocenters. The third kappa shape index (κ3) is 9.58. The van der Waals surface area contributed by atoms with Gasteiger partial charge in [0.2, 0.25) is 17.7 Å². The molecule has 3 amide bonds. The summed E-state index contributed by atoms with van der Waals surface area (Å²) in [5.41, 5.74) is 29.2. The molecule has 0 radical (unpaired) electrons. The normalized spacial score (nSPS) is 16.5. The predicted molar refractivity (Wildman–Crippen MR) is 166 cm³/mol. The number of nitrogens with one attached hydrogen (secondary N) is 3. The number of amides is 3. The number of nitrogens with zero attached hydrogens (tertiary/aromatic N) is 3. The number of carboxylic acids is 1. The number of aliphatic imine (C=N–C) groups is 2. The summed E-state index contributed by atoms with van der Waals surface area (Å²) in [6.45, 7) is 0.749. The summed E-state index contributed by atoms with van der Waals surface area (Å²) < 4.78 is 0. The van der Waals surface area contributed by atoms with Crippen molar-refractivity contribution in [1.82, 2.24) is 20.5 Å². The fraction of sp³-hybridized carbons (Fsp3) is 0.500. The molecule has 44 heavy (non-hydrogen) atoms. The van der Waals surface area contributed by atoms with Gasteiger partial charge in [0, 0.05) is 43.2 Å². The first-order chi connectivity index (χ1) is 21.0. The van der Waals surface area contributed by atoms with E-state index < -0.39 is 47.9 Å². The van der Waals surface area contributed by atoms with Crippen LogP contribution < -0.4 is 39.3 Å². The zero-order chi connectivity index (χ0) is 32.2. The smallest absolute Gasteiger partial charge is 0.326 e. The van der Waals surface area contributed by atoms with Gasteiger partial charge in [-0.05, 0) is 50.2 Å². The number of aliphatic carboxylic acids is 1. The SMILES string of the molecule is NC(N)=NCCCC(N)C(=O)NC(CCCN=C(N)N)C(=O)NC(Cc1c[nH]c2ccccc12)C(=O)N1CCCC1C(=O)O. The lowest BCUT2D eigenvalue weighted by atomic mass is 10.0.